The summed E-state index contributed by atoms with van der Waals surface area (Å²) in [7, 11) is 0. The minimum absolute atomic E-state index is 0.00562. The number of furan rings is 1. The van der Waals surface area contributed by atoms with E-state index in [1.54, 1.807) is 78.9 Å². The zero-order valence-electron chi connectivity index (χ0n) is 21.3. The van der Waals surface area contributed by atoms with Gasteiger partial charge in [-0.15, -0.1) is 11.8 Å². The summed E-state index contributed by atoms with van der Waals surface area (Å²) in [6, 6.07) is 23.9. The Kier molecular flexibility index (Phi) is 10.1. The number of hydrogen-bond acceptors (Lipinski definition) is 5. The third-order valence-corrected chi connectivity index (χ3v) is 7.50. The van der Waals surface area contributed by atoms with Crippen molar-refractivity contribution in [2.75, 3.05) is 10.6 Å². The number of carbonyl (C=O) groups excluding carboxylic acids is 3. The van der Waals surface area contributed by atoms with Gasteiger partial charge in [-0.2, -0.15) is 0 Å². The molecule has 0 aliphatic rings. The Morgan fingerprint density at radius 2 is 1.73 bits per heavy atom. The Morgan fingerprint density at radius 1 is 0.925 bits per heavy atom. The lowest BCUT2D eigenvalue weighted by molar-refractivity contribution is -0.116. The molecule has 0 bridgehead atoms. The zero-order valence-corrected chi connectivity index (χ0v) is 23.6. The highest BCUT2D eigenvalue weighted by Crippen LogP contribution is 2.31. The predicted octanol–water partition coefficient (Wildman–Crippen LogP) is 7.51. The molecule has 204 valence electrons. The van der Waals surface area contributed by atoms with Gasteiger partial charge in [0, 0.05) is 27.2 Å². The molecule has 7 nitrogen and oxygen atoms in total. The van der Waals surface area contributed by atoms with Crippen molar-refractivity contribution in [2.24, 2.45) is 0 Å². The molecule has 4 aromatic rings. The maximum Gasteiger partial charge on any atom is 0.272 e. The molecular weight excluding hydrogens is 569 g/mol. The predicted molar refractivity (Wildman–Crippen MR) is 161 cm³/mol. The molecule has 0 fully saturated rings. The lowest BCUT2D eigenvalue weighted by Gasteiger charge is -2.16. The number of halogens is 2. The second-order valence-electron chi connectivity index (χ2n) is 8.50. The number of hydrogen-bond donors (Lipinski definition) is 3. The Labute approximate surface area is 245 Å². The van der Waals surface area contributed by atoms with Crippen LogP contribution in [0, 0.1) is 0 Å². The molecule has 0 saturated heterocycles. The van der Waals surface area contributed by atoms with E-state index in [1.807, 2.05) is 13.0 Å². The van der Waals surface area contributed by atoms with Crippen LogP contribution in [0.25, 0.3) is 6.08 Å². The van der Waals surface area contributed by atoms with E-state index in [4.69, 9.17) is 27.6 Å². The molecule has 1 aromatic heterocycles. The molecule has 3 N–H and O–H groups in total. The van der Waals surface area contributed by atoms with E-state index in [9.17, 15) is 14.4 Å². The van der Waals surface area contributed by atoms with Crippen LogP contribution in [0.4, 0.5) is 11.4 Å². The van der Waals surface area contributed by atoms with Gasteiger partial charge in [-0.3, -0.25) is 14.4 Å². The number of amides is 3. The van der Waals surface area contributed by atoms with Crippen LogP contribution >= 0.6 is 35.0 Å². The van der Waals surface area contributed by atoms with Crippen LogP contribution in [-0.4, -0.2) is 23.0 Å². The lowest BCUT2D eigenvalue weighted by Crippen LogP contribution is -2.30. The van der Waals surface area contributed by atoms with E-state index in [0.29, 0.717) is 39.2 Å². The van der Waals surface area contributed by atoms with Gasteiger partial charge in [0.1, 0.15) is 11.5 Å². The first-order valence-electron chi connectivity index (χ1n) is 12.3. The highest BCUT2D eigenvalue weighted by atomic mass is 35.5. The SMILES string of the molecule is CCC(Sc1cccc(NC(=O)/C(=C/c2ccco2)NC(=O)c2ccccc2)c1)C(=O)Nc1cc(Cl)ccc1Cl. The minimum Gasteiger partial charge on any atom is -0.465 e. The van der Waals surface area contributed by atoms with Crippen LogP contribution in [0.15, 0.2) is 106 Å². The first kappa shape index (κ1) is 29.0. The summed E-state index contributed by atoms with van der Waals surface area (Å²) in [5.74, 6) is -0.796. The Balaban J connectivity index is 1.47. The molecular formula is C30H25Cl2N3O4S. The topological polar surface area (TPSA) is 100 Å². The first-order valence-corrected chi connectivity index (χ1v) is 13.9. The molecule has 0 spiro atoms. The molecule has 1 heterocycles. The van der Waals surface area contributed by atoms with Crippen LogP contribution in [0.3, 0.4) is 0 Å². The van der Waals surface area contributed by atoms with Gasteiger partial charge < -0.3 is 20.4 Å². The highest BCUT2D eigenvalue weighted by Gasteiger charge is 2.20. The van der Waals surface area contributed by atoms with Gasteiger partial charge in [0.05, 0.1) is 22.2 Å². The molecule has 10 heteroatoms. The summed E-state index contributed by atoms with van der Waals surface area (Å²) < 4.78 is 5.34. The van der Waals surface area contributed by atoms with Crippen LogP contribution < -0.4 is 16.0 Å². The van der Waals surface area contributed by atoms with Crippen molar-refractivity contribution in [1.82, 2.24) is 5.32 Å². The fraction of sp³-hybridized carbons (Fsp3) is 0.100. The molecule has 1 atom stereocenters. The van der Waals surface area contributed by atoms with E-state index in [-0.39, 0.29) is 11.6 Å². The van der Waals surface area contributed by atoms with Crippen LogP contribution in [0.5, 0.6) is 0 Å². The summed E-state index contributed by atoms with van der Waals surface area (Å²) in [6.45, 7) is 1.91. The molecule has 1 unspecified atom stereocenters. The molecule has 0 radical (unpaired) electrons. The quantitative estimate of drug-likeness (QED) is 0.130. The molecule has 0 aliphatic carbocycles. The van der Waals surface area contributed by atoms with Gasteiger partial charge in [0.2, 0.25) is 5.91 Å². The number of rotatable bonds is 10. The fourth-order valence-corrected chi connectivity index (χ4v) is 4.95. The van der Waals surface area contributed by atoms with Crippen molar-refractivity contribution >= 4 is 70.1 Å². The van der Waals surface area contributed by atoms with Gasteiger partial charge in [0.15, 0.2) is 0 Å². The third kappa shape index (κ3) is 8.02. The minimum atomic E-state index is -0.539. The lowest BCUT2D eigenvalue weighted by atomic mass is 10.2. The number of nitrogens with one attached hydrogen (secondary N) is 3. The van der Waals surface area contributed by atoms with Crippen LogP contribution in [0.1, 0.15) is 29.5 Å². The number of thioether (sulfide) groups is 1. The average Bonchev–Trinajstić information content (AvgIpc) is 3.47. The fourth-order valence-electron chi connectivity index (χ4n) is 3.60. The summed E-state index contributed by atoms with van der Waals surface area (Å²) in [4.78, 5) is 39.7. The number of benzene rings is 3. The summed E-state index contributed by atoms with van der Waals surface area (Å²) in [6.07, 6.45) is 3.47. The zero-order chi connectivity index (χ0) is 28.5. The van der Waals surface area contributed by atoms with Gasteiger partial charge in [-0.25, -0.2) is 0 Å². The van der Waals surface area contributed by atoms with E-state index in [1.165, 1.54) is 24.1 Å². The van der Waals surface area contributed by atoms with Crippen molar-refractivity contribution in [1.29, 1.82) is 0 Å². The van der Waals surface area contributed by atoms with Crippen molar-refractivity contribution in [3.63, 3.8) is 0 Å². The van der Waals surface area contributed by atoms with Gasteiger partial charge in [-0.1, -0.05) is 54.4 Å². The van der Waals surface area contributed by atoms with Crippen molar-refractivity contribution in [3.8, 4) is 0 Å². The molecule has 3 amide bonds. The molecule has 3 aromatic carbocycles. The second-order valence-corrected chi connectivity index (χ2v) is 10.6. The Morgan fingerprint density at radius 3 is 2.45 bits per heavy atom. The van der Waals surface area contributed by atoms with Gasteiger partial charge in [0.25, 0.3) is 11.8 Å². The molecule has 40 heavy (non-hydrogen) atoms. The van der Waals surface area contributed by atoms with Crippen LogP contribution in [0.2, 0.25) is 10.0 Å². The van der Waals surface area contributed by atoms with Crippen LogP contribution in [-0.2, 0) is 9.59 Å². The number of anilines is 2. The Hall–Kier alpha value is -3.98. The standard InChI is InChI=1S/C30H25Cl2N3O4S/c1-2-27(30(38)34-25-16-20(31)13-14-24(25)32)40-23-12-6-10-21(17-23)33-29(37)26(18-22-11-7-15-39-22)35-28(36)19-8-4-3-5-9-19/h3-18,27H,2H2,1H3,(H,33,37)(H,34,38)(H,35,36)/b26-18-. The van der Waals surface area contributed by atoms with Gasteiger partial charge >= 0.3 is 0 Å². The van der Waals surface area contributed by atoms with E-state index in [0.717, 1.165) is 4.90 Å². The van der Waals surface area contributed by atoms with E-state index >= 15 is 0 Å². The molecule has 4 rings (SSSR count). The molecule has 0 saturated carbocycles. The smallest absolute Gasteiger partial charge is 0.272 e. The second kappa shape index (κ2) is 13.9. The normalized spacial score (nSPS) is 11.9. The summed E-state index contributed by atoms with van der Waals surface area (Å²) in [5.41, 5.74) is 1.34. The van der Waals surface area contributed by atoms with Crippen molar-refractivity contribution in [2.45, 2.75) is 23.5 Å². The largest absolute Gasteiger partial charge is 0.465 e. The average molecular weight is 595 g/mol. The first-order chi connectivity index (χ1) is 19.3. The van der Waals surface area contributed by atoms with E-state index < -0.39 is 17.1 Å². The summed E-state index contributed by atoms with van der Waals surface area (Å²) in [5, 5.41) is 8.74. The number of carbonyl (C=O) groups is 3. The van der Waals surface area contributed by atoms with Gasteiger partial charge in [-0.05, 0) is 67.1 Å². The Bertz CT molecular complexity index is 1530. The van der Waals surface area contributed by atoms with Crippen molar-refractivity contribution < 1.29 is 18.8 Å². The molecule has 0 aliphatic heterocycles. The maximum atomic E-state index is 13.2. The summed E-state index contributed by atoms with van der Waals surface area (Å²) >= 11 is 13.6. The van der Waals surface area contributed by atoms with E-state index in [2.05, 4.69) is 16.0 Å². The highest BCUT2D eigenvalue weighted by molar-refractivity contribution is 8.00. The third-order valence-electron chi connectivity index (χ3n) is 5.58. The van der Waals surface area contributed by atoms with Crippen molar-refractivity contribution in [3.05, 3.63) is 118 Å². The maximum absolute atomic E-state index is 13.2. The monoisotopic (exact) mass is 593 g/mol.